The molecule has 0 bridgehead atoms. The fourth-order valence-corrected chi connectivity index (χ4v) is 4.09. The van der Waals surface area contributed by atoms with Crippen molar-refractivity contribution >= 4 is 26.7 Å². The molecular formula is C8H8BrClNZn. The molecule has 0 N–H and O–H groups in total. The third-order valence-electron chi connectivity index (χ3n) is 1.52. The van der Waals surface area contributed by atoms with E-state index in [1.165, 1.54) is 5.56 Å². The van der Waals surface area contributed by atoms with Crippen LogP contribution in [0.1, 0.15) is 5.56 Å². The monoisotopic (exact) mass is 296 g/mol. The first-order valence-electron chi connectivity index (χ1n) is 3.61. The van der Waals surface area contributed by atoms with Crippen molar-refractivity contribution < 1.29 is 15.0 Å². The number of hydrogen-bond acceptors (Lipinski definition) is 1. The molecule has 1 nitrogen and oxygen atoms in total. The van der Waals surface area contributed by atoms with Gasteiger partial charge in [0.1, 0.15) is 0 Å². The molecule has 0 fully saturated rings. The molecule has 0 aliphatic heterocycles. The normalized spacial score (nSPS) is 8.00. The summed E-state index contributed by atoms with van der Waals surface area (Å²) in [5, 5.41) is 9.34. The molecule has 0 spiro atoms. The summed E-state index contributed by atoms with van der Waals surface area (Å²) in [5.74, 6) is 0. The van der Waals surface area contributed by atoms with Gasteiger partial charge in [-0.05, 0) is 0 Å². The Morgan fingerprint density at radius 3 is 2.42 bits per heavy atom. The van der Waals surface area contributed by atoms with E-state index in [1.807, 2.05) is 30.3 Å². The predicted octanol–water partition coefficient (Wildman–Crippen LogP) is 3.02. The Bertz CT molecular complexity index is 260. The Hall–Kier alpha value is 0.103. The van der Waals surface area contributed by atoms with Crippen molar-refractivity contribution in [3.8, 4) is 4.66 Å². The maximum absolute atomic E-state index is 8.51. The summed E-state index contributed by atoms with van der Waals surface area (Å²) in [6, 6.07) is 9.95. The minimum atomic E-state index is -2.24. The van der Waals surface area contributed by atoms with Gasteiger partial charge in [-0.2, -0.15) is 0 Å². The van der Waals surface area contributed by atoms with Crippen LogP contribution in [-0.4, -0.2) is 0 Å². The van der Waals surface area contributed by atoms with Gasteiger partial charge in [-0.15, -0.1) is 17.0 Å². The molecule has 12 heavy (non-hydrogen) atoms. The van der Waals surface area contributed by atoms with Gasteiger partial charge < -0.3 is 0 Å². The molecule has 0 saturated heterocycles. The molecule has 0 amide bonds. The topological polar surface area (TPSA) is 23.8 Å². The quantitative estimate of drug-likeness (QED) is 0.770. The summed E-state index contributed by atoms with van der Waals surface area (Å²) in [6.45, 7) is 0. The molecule has 0 atom stereocenters. The summed E-state index contributed by atoms with van der Waals surface area (Å²) >= 11 is -2.24. The van der Waals surface area contributed by atoms with E-state index in [1.54, 1.807) is 0 Å². The van der Waals surface area contributed by atoms with Gasteiger partial charge in [0.2, 0.25) is 0 Å². The first-order chi connectivity index (χ1) is 5.33. The Morgan fingerprint density at radius 1 is 1.33 bits per heavy atom. The first kappa shape index (κ1) is 12.1. The van der Waals surface area contributed by atoms with Crippen molar-refractivity contribution in [2.45, 2.75) is 5.02 Å². The van der Waals surface area contributed by atoms with Crippen LogP contribution in [-0.2, 0) is 20.0 Å². The molecule has 0 saturated carbocycles. The van der Waals surface area contributed by atoms with Gasteiger partial charge in [0.25, 0.3) is 0 Å². The zero-order chi connectivity index (χ0) is 8.10. The number of nitriles is 1. The molecule has 0 aliphatic carbocycles. The molecule has 61 valence electrons. The zero-order valence-corrected chi connectivity index (χ0v) is 12.0. The van der Waals surface area contributed by atoms with Crippen molar-refractivity contribution in [2.75, 3.05) is 0 Å². The van der Waals surface area contributed by atoms with Crippen molar-refractivity contribution in [1.82, 2.24) is 0 Å². The van der Waals surface area contributed by atoms with Crippen molar-refractivity contribution in [3.05, 3.63) is 35.9 Å². The Labute approximate surface area is 92.1 Å². The zero-order valence-electron chi connectivity index (χ0n) is 6.53. The Kier molecular flexibility index (Phi) is 6.66. The van der Waals surface area contributed by atoms with Gasteiger partial charge in [-0.1, -0.05) is 0 Å². The second kappa shape index (κ2) is 6.60. The second-order valence-electron chi connectivity index (χ2n) is 2.47. The van der Waals surface area contributed by atoms with E-state index in [2.05, 4.69) is 4.66 Å². The summed E-state index contributed by atoms with van der Waals surface area (Å²) < 4.78 is 2.19. The van der Waals surface area contributed by atoms with Crippen molar-refractivity contribution in [1.29, 1.82) is 5.26 Å². The third-order valence-corrected chi connectivity index (χ3v) is 5.98. The Morgan fingerprint density at radius 2 is 1.92 bits per heavy atom. The molecule has 1 aromatic carbocycles. The van der Waals surface area contributed by atoms with Crippen LogP contribution in [0.25, 0.3) is 0 Å². The molecule has 1 rings (SSSR count). The molecular weight excluding hydrogens is 291 g/mol. The summed E-state index contributed by atoms with van der Waals surface area (Å²) in [5.41, 5.74) is 1.20. The van der Waals surface area contributed by atoms with Gasteiger partial charge in [0, 0.05) is 0 Å². The number of rotatable bonds is 2. The summed E-state index contributed by atoms with van der Waals surface area (Å²) in [6.07, 6.45) is 0. The molecule has 0 unspecified atom stereocenters. The van der Waals surface area contributed by atoms with Crippen LogP contribution in [0, 0.1) is 9.93 Å². The van der Waals surface area contributed by atoms with E-state index in [0.29, 0.717) is 0 Å². The number of halogens is 2. The summed E-state index contributed by atoms with van der Waals surface area (Å²) in [7, 11) is 5.85. The SMILES string of the molecule is Br.N#[C][Zn]([Cl])[CH2]c1ccccc1. The van der Waals surface area contributed by atoms with Gasteiger partial charge in [0.05, 0.1) is 0 Å². The van der Waals surface area contributed by atoms with Gasteiger partial charge in [-0.3, -0.25) is 0 Å². The third kappa shape index (κ3) is 4.21. The van der Waals surface area contributed by atoms with E-state index in [0.717, 1.165) is 5.02 Å². The second-order valence-corrected chi connectivity index (χ2v) is 9.93. The van der Waals surface area contributed by atoms with Crippen LogP contribution in [0.3, 0.4) is 0 Å². The molecule has 0 radical (unpaired) electrons. The van der Waals surface area contributed by atoms with Crippen molar-refractivity contribution in [3.63, 3.8) is 0 Å². The standard InChI is InChI=1S/C7H7.CN.BrH.ClH.Zn/c1-7-5-3-2-4-6-7;1-2;;;/h2-6H,1H2;;2*1H;/q;;;;+1/p-1. The average Bonchev–Trinajstić information content (AvgIpc) is 2.06. The van der Waals surface area contributed by atoms with Gasteiger partial charge in [-0.25, -0.2) is 0 Å². The van der Waals surface area contributed by atoms with Gasteiger partial charge >= 0.3 is 75.5 Å². The fourth-order valence-electron chi connectivity index (χ4n) is 0.954. The van der Waals surface area contributed by atoms with Crippen LogP contribution in [0.15, 0.2) is 30.3 Å². The maximum atomic E-state index is 8.51. The van der Waals surface area contributed by atoms with E-state index in [-0.39, 0.29) is 17.0 Å². The number of nitrogens with zero attached hydrogens (tertiary/aromatic N) is 1. The van der Waals surface area contributed by atoms with E-state index < -0.39 is 15.0 Å². The first-order valence-corrected chi connectivity index (χ1v) is 11.1. The van der Waals surface area contributed by atoms with Crippen molar-refractivity contribution in [2.24, 2.45) is 0 Å². The molecule has 1 aromatic rings. The molecule has 0 aromatic heterocycles. The van der Waals surface area contributed by atoms with Gasteiger partial charge in [0.15, 0.2) is 0 Å². The fraction of sp³-hybridized carbons (Fsp3) is 0.125. The Balaban J connectivity index is 0.00000121. The molecule has 4 heteroatoms. The molecule has 0 aliphatic rings. The van der Waals surface area contributed by atoms with Crippen LogP contribution >= 0.6 is 26.7 Å². The minimum absolute atomic E-state index is 0. The number of benzene rings is 1. The molecule has 0 heterocycles. The van der Waals surface area contributed by atoms with Crippen LogP contribution in [0.5, 0.6) is 0 Å². The van der Waals surface area contributed by atoms with Crippen LogP contribution < -0.4 is 0 Å². The van der Waals surface area contributed by atoms with E-state index >= 15 is 0 Å². The number of hydrogen-bond donors (Lipinski definition) is 0. The van der Waals surface area contributed by atoms with E-state index in [4.69, 9.17) is 15.0 Å². The van der Waals surface area contributed by atoms with Crippen LogP contribution in [0.4, 0.5) is 0 Å². The predicted molar refractivity (Wildman–Crippen MR) is 51.9 cm³/mol. The van der Waals surface area contributed by atoms with Crippen LogP contribution in [0.2, 0.25) is 0 Å². The van der Waals surface area contributed by atoms with E-state index in [9.17, 15) is 0 Å². The summed E-state index contributed by atoms with van der Waals surface area (Å²) in [4.78, 5) is 0. The average molecular weight is 299 g/mol.